The summed E-state index contributed by atoms with van der Waals surface area (Å²) in [5.74, 6) is -1.44. The lowest BCUT2D eigenvalue weighted by Crippen LogP contribution is -2.41. The molecular weight excluding hydrogens is 398 g/mol. The third-order valence-electron chi connectivity index (χ3n) is 5.64. The van der Waals surface area contributed by atoms with Crippen molar-refractivity contribution in [2.45, 2.75) is 36.7 Å². The van der Waals surface area contributed by atoms with Gasteiger partial charge >= 0.3 is 5.97 Å². The Morgan fingerprint density at radius 1 is 0.967 bits per heavy atom. The molecule has 6 heteroatoms. The minimum absolute atomic E-state index is 0.156. The molecular formula is C24H23NO4S. The van der Waals surface area contributed by atoms with Gasteiger partial charge in [-0.2, -0.15) is 4.31 Å². The van der Waals surface area contributed by atoms with E-state index >= 15 is 0 Å². The molecule has 30 heavy (non-hydrogen) atoms. The highest BCUT2D eigenvalue weighted by molar-refractivity contribution is 7.89. The molecule has 0 saturated heterocycles. The molecule has 0 fully saturated rings. The molecule has 4 rings (SSSR count). The molecule has 3 aromatic rings. The van der Waals surface area contributed by atoms with Crippen molar-refractivity contribution >= 4 is 16.0 Å². The lowest BCUT2D eigenvalue weighted by atomic mass is 9.79. The molecule has 1 N–H and O–H groups in total. The summed E-state index contributed by atoms with van der Waals surface area (Å²) < 4.78 is 28.9. The number of carboxylic acids is 1. The predicted molar refractivity (Wildman–Crippen MR) is 115 cm³/mol. The van der Waals surface area contributed by atoms with Gasteiger partial charge in [0.15, 0.2) is 0 Å². The summed E-state index contributed by atoms with van der Waals surface area (Å²) in [6.07, 6.45) is -0.156. The molecule has 0 unspecified atom stereocenters. The SMILES string of the molecule is Cc1ccc(S(=O)(=O)N2Cc3ccccc3[C@H](CC(=O)O)[C@@H]2c2ccccc2)cc1. The number of fused-ring (bicyclic) bond motifs is 1. The van der Waals surface area contributed by atoms with Crippen molar-refractivity contribution in [3.8, 4) is 0 Å². The zero-order valence-corrected chi connectivity index (χ0v) is 17.4. The van der Waals surface area contributed by atoms with Crippen molar-refractivity contribution in [1.29, 1.82) is 0 Å². The van der Waals surface area contributed by atoms with Gasteiger partial charge in [-0.15, -0.1) is 0 Å². The first-order chi connectivity index (χ1) is 14.4. The first-order valence-corrected chi connectivity index (χ1v) is 11.2. The smallest absolute Gasteiger partial charge is 0.304 e. The molecule has 0 bridgehead atoms. The van der Waals surface area contributed by atoms with Gasteiger partial charge in [-0.1, -0.05) is 72.3 Å². The van der Waals surface area contributed by atoms with Crippen molar-refractivity contribution in [1.82, 2.24) is 4.31 Å². The number of nitrogens with zero attached hydrogens (tertiary/aromatic N) is 1. The van der Waals surface area contributed by atoms with E-state index in [1.165, 1.54) is 4.31 Å². The maximum atomic E-state index is 13.7. The van der Waals surface area contributed by atoms with Crippen molar-refractivity contribution in [3.05, 3.63) is 101 Å². The number of sulfonamides is 1. The van der Waals surface area contributed by atoms with Crippen molar-refractivity contribution < 1.29 is 18.3 Å². The first kappa shape index (κ1) is 20.3. The van der Waals surface area contributed by atoms with Crippen LogP contribution in [0.25, 0.3) is 0 Å². The van der Waals surface area contributed by atoms with Gasteiger partial charge in [0.25, 0.3) is 0 Å². The van der Waals surface area contributed by atoms with Crippen LogP contribution < -0.4 is 0 Å². The third kappa shape index (κ3) is 3.76. The number of hydrogen-bond donors (Lipinski definition) is 1. The van der Waals surface area contributed by atoms with E-state index in [0.29, 0.717) is 0 Å². The highest BCUT2D eigenvalue weighted by Crippen LogP contribution is 2.46. The Bertz CT molecular complexity index is 1160. The minimum atomic E-state index is -3.85. The predicted octanol–water partition coefficient (Wildman–Crippen LogP) is 4.50. The number of rotatable bonds is 5. The Labute approximate surface area is 176 Å². The lowest BCUT2D eigenvalue weighted by Gasteiger charge is -2.41. The van der Waals surface area contributed by atoms with Crippen LogP contribution in [0.5, 0.6) is 0 Å². The number of benzene rings is 3. The standard InChI is InChI=1S/C24H23NO4S/c1-17-11-13-20(14-12-17)30(28,29)25-16-19-9-5-6-10-21(19)22(15-23(26)27)24(25)18-7-3-2-4-8-18/h2-14,22,24H,15-16H2,1H3,(H,26,27)/t22-,24-/m0/s1. The van der Waals surface area contributed by atoms with E-state index in [9.17, 15) is 18.3 Å². The van der Waals surface area contributed by atoms with E-state index in [1.54, 1.807) is 24.3 Å². The zero-order chi connectivity index (χ0) is 21.3. The Morgan fingerprint density at radius 2 is 1.60 bits per heavy atom. The molecule has 1 aliphatic rings. The van der Waals surface area contributed by atoms with Crippen molar-refractivity contribution in [2.75, 3.05) is 0 Å². The van der Waals surface area contributed by atoms with Crippen LogP contribution in [0.15, 0.2) is 83.8 Å². The summed E-state index contributed by atoms with van der Waals surface area (Å²) in [5, 5.41) is 9.62. The van der Waals surface area contributed by atoms with Crippen LogP contribution in [-0.2, 0) is 21.4 Å². The number of carboxylic acid groups (broad SMARTS) is 1. The van der Waals surface area contributed by atoms with E-state index in [4.69, 9.17) is 0 Å². The fraction of sp³-hybridized carbons (Fsp3) is 0.208. The van der Waals surface area contributed by atoms with Gasteiger partial charge in [0.05, 0.1) is 17.4 Å². The average Bonchev–Trinajstić information content (AvgIpc) is 2.74. The minimum Gasteiger partial charge on any atom is -0.481 e. The Balaban J connectivity index is 1.91. The second-order valence-electron chi connectivity index (χ2n) is 7.62. The molecule has 0 radical (unpaired) electrons. The number of hydrogen-bond acceptors (Lipinski definition) is 3. The topological polar surface area (TPSA) is 74.7 Å². The molecule has 5 nitrogen and oxygen atoms in total. The zero-order valence-electron chi connectivity index (χ0n) is 16.6. The molecule has 0 aromatic heterocycles. The lowest BCUT2D eigenvalue weighted by molar-refractivity contribution is -0.137. The van der Waals surface area contributed by atoms with Crippen LogP contribution in [0.2, 0.25) is 0 Å². The van der Waals surface area contributed by atoms with Gasteiger partial charge < -0.3 is 5.11 Å². The largest absolute Gasteiger partial charge is 0.481 e. The molecule has 1 heterocycles. The summed E-state index contributed by atoms with van der Waals surface area (Å²) in [7, 11) is -3.85. The summed E-state index contributed by atoms with van der Waals surface area (Å²) in [6.45, 7) is 2.10. The van der Waals surface area contributed by atoms with E-state index in [0.717, 1.165) is 22.3 Å². The van der Waals surface area contributed by atoms with Crippen LogP contribution >= 0.6 is 0 Å². The van der Waals surface area contributed by atoms with Crippen LogP contribution in [0, 0.1) is 6.92 Å². The Hall–Kier alpha value is -2.96. The van der Waals surface area contributed by atoms with Gasteiger partial charge in [-0.25, -0.2) is 8.42 Å². The summed E-state index contributed by atoms with van der Waals surface area (Å²) >= 11 is 0. The molecule has 0 aliphatic carbocycles. The molecule has 3 aromatic carbocycles. The van der Waals surface area contributed by atoms with E-state index in [2.05, 4.69) is 0 Å². The van der Waals surface area contributed by atoms with Crippen LogP contribution in [0.4, 0.5) is 0 Å². The van der Waals surface area contributed by atoms with Gasteiger partial charge in [0.2, 0.25) is 10.0 Å². The van der Waals surface area contributed by atoms with Gasteiger partial charge in [-0.3, -0.25) is 4.79 Å². The van der Waals surface area contributed by atoms with Gasteiger partial charge in [0.1, 0.15) is 0 Å². The Kier molecular flexibility index (Phi) is 5.45. The summed E-state index contributed by atoms with van der Waals surface area (Å²) in [6, 6.07) is 23.0. The number of aryl methyl sites for hydroxylation is 1. The summed E-state index contributed by atoms with van der Waals surface area (Å²) in [4.78, 5) is 12.0. The molecule has 0 amide bonds. The highest BCUT2D eigenvalue weighted by Gasteiger charge is 2.43. The fourth-order valence-electron chi connectivity index (χ4n) is 4.22. The van der Waals surface area contributed by atoms with E-state index in [1.807, 2.05) is 61.5 Å². The first-order valence-electron chi connectivity index (χ1n) is 9.81. The quantitative estimate of drug-likeness (QED) is 0.658. The third-order valence-corrected chi connectivity index (χ3v) is 7.48. The van der Waals surface area contributed by atoms with Gasteiger partial charge in [0, 0.05) is 12.5 Å². The van der Waals surface area contributed by atoms with E-state index in [-0.39, 0.29) is 17.9 Å². The molecule has 1 aliphatic heterocycles. The van der Waals surface area contributed by atoms with Crippen LogP contribution in [-0.4, -0.2) is 23.8 Å². The molecule has 154 valence electrons. The molecule has 0 spiro atoms. The summed E-state index contributed by atoms with van der Waals surface area (Å²) in [5.41, 5.74) is 3.49. The maximum absolute atomic E-state index is 13.7. The average molecular weight is 422 g/mol. The van der Waals surface area contributed by atoms with Crippen molar-refractivity contribution in [2.24, 2.45) is 0 Å². The van der Waals surface area contributed by atoms with Gasteiger partial charge in [-0.05, 0) is 35.7 Å². The fourth-order valence-corrected chi connectivity index (χ4v) is 5.84. The number of carbonyl (C=O) groups is 1. The second-order valence-corrected chi connectivity index (χ2v) is 9.51. The van der Waals surface area contributed by atoms with Crippen LogP contribution in [0.1, 0.15) is 40.6 Å². The maximum Gasteiger partial charge on any atom is 0.304 e. The normalized spacial score (nSPS) is 19.2. The molecule has 2 atom stereocenters. The Morgan fingerprint density at radius 3 is 2.27 bits per heavy atom. The van der Waals surface area contributed by atoms with Crippen molar-refractivity contribution in [3.63, 3.8) is 0 Å². The van der Waals surface area contributed by atoms with Crippen LogP contribution in [0.3, 0.4) is 0 Å². The monoisotopic (exact) mass is 421 g/mol. The van der Waals surface area contributed by atoms with E-state index < -0.39 is 28.0 Å². The second kappa shape index (κ2) is 8.05. The highest BCUT2D eigenvalue weighted by atomic mass is 32.2. The number of aliphatic carboxylic acids is 1. The molecule has 0 saturated carbocycles.